The van der Waals surface area contributed by atoms with E-state index in [1.165, 1.54) is 11.3 Å². The van der Waals surface area contributed by atoms with Crippen LogP contribution in [0.1, 0.15) is 4.88 Å². The van der Waals surface area contributed by atoms with E-state index in [-0.39, 0.29) is 17.9 Å². The summed E-state index contributed by atoms with van der Waals surface area (Å²) in [6, 6.07) is 3.66. The van der Waals surface area contributed by atoms with Gasteiger partial charge in [-0.25, -0.2) is 0 Å². The lowest BCUT2D eigenvalue weighted by Gasteiger charge is -2.35. The van der Waals surface area contributed by atoms with Gasteiger partial charge in [-0.2, -0.15) is 0 Å². The zero-order chi connectivity index (χ0) is 15.5. The number of rotatable bonds is 3. The predicted molar refractivity (Wildman–Crippen MR) is 90.4 cm³/mol. The molecule has 0 spiro atoms. The summed E-state index contributed by atoms with van der Waals surface area (Å²) in [5.41, 5.74) is 0. The van der Waals surface area contributed by atoms with Crippen molar-refractivity contribution in [2.45, 2.75) is 12.5 Å². The number of halogens is 1. The minimum absolute atomic E-state index is 0.0551. The van der Waals surface area contributed by atoms with Gasteiger partial charge in [0.05, 0.1) is 16.8 Å². The average molecular weight is 360 g/mol. The Kier molecular flexibility index (Phi) is 5.28. The van der Waals surface area contributed by atoms with Crippen molar-refractivity contribution in [1.29, 1.82) is 0 Å². The molecule has 2 fully saturated rings. The molecule has 2 aliphatic heterocycles. The Bertz CT molecular complexity index is 552. The molecule has 22 heavy (non-hydrogen) atoms. The van der Waals surface area contributed by atoms with Crippen molar-refractivity contribution in [2.75, 3.05) is 37.8 Å². The van der Waals surface area contributed by atoms with E-state index in [1.807, 2.05) is 21.9 Å². The van der Waals surface area contributed by atoms with Gasteiger partial charge in [0, 0.05) is 42.7 Å². The van der Waals surface area contributed by atoms with Crippen LogP contribution in [0.2, 0.25) is 4.34 Å². The van der Waals surface area contributed by atoms with Crippen molar-refractivity contribution in [3.8, 4) is 0 Å². The number of amides is 2. The van der Waals surface area contributed by atoms with Gasteiger partial charge in [0.25, 0.3) is 0 Å². The molecule has 1 atom stereocenters. The Labute approximate surface area is 143 Å². The van der Waals surface area contributed by atoms with Gasteiger partial charge in [-0.15, -0.1) is 23.1 Å². The molecule has 2 saturated heterocycles. The van der Waals surface area contributed by atoms with Crippen LogP contribution in [0.3, 0.4) is 0 Å². The zero-order valence-corrected chi connectivity index (χ0v) is 14.5. The van der Waals surface area contributed by atoms with Gasteiger partial charge in [-0.1, -0.05) is 11.6 Å². The minimum atomic E-state index is -0.0551. The van der Waals surface area contributed by atoms with Crippen LogP contribution >= 0.6 is 34.7 Å². The molecule has 2 amide bonds. The number of nitrogens with zero attached hydrogens (tertiary/aromatic N) is 2. The third-order valence-corrected chi connectivity index (χ3v) is 6.08. The summed E-state index contributed by atoms with van der Waals surface area (Å²) < 4.78 is 0.708. The third-order valence-electron chi connectivity index (χ3n) is 3.91. The molecule has 3 heterocycles. The van der Waals surface area contributed by atoms with Gasteiger partial charge < -0.3 is 9.80 Å². The quantitative estimate of drug-likeness (QED) is 0.883. The molecule has 2 aliphatic rings. The van der Waals surface area contributed by atoms with Gasteiger partial charge in [0.2, 0.25) is 11.8 Å². The second-order valence-corrected chi connectivity index (χ2v) is 8.19. The number of hydrogen-bond donors (Lipinski definition) is 1. The summed E-state index contributed by atoms with van der Waals surface area (Å²) in [6.07, 6.45) is 0.395. The van der Waals surface area contributed by atoms with Crippen molar-refractivity contribution in [1.82, 2.24) is 15.1 Å². The van der Waals surface area contributed by atoms with E-state index in [4.69, 9.17) is 11.6 Å². The fourth-order valence-electron chi connectivity index (χ4n) is 2.66. The Morgan fingerprint density at radius 2 is 1.95 bits per heavy atom. The Morgan fingerprint density at radius 1 is 1.23 bits per heavy atom. The summed E-state index contributed by atoms with van der Waals surface area (Å²) in [7, 11) is 0. The number of hydrogen-bond acceptors (Lipinski definition) is 5. The molecule has 1 N–H and O–H groups in total. The van der Waals surface area contributed by atoms with Gasteiger partial charge >= 0.3 is 0 Å². The number of carbonyl (C=O) groups is 2. The van der Waals surface area contributed by atoms with Crippen LogP contribution in [0.25, 0.3) is 0 Å². The van der Waals surface area contributed by atoms with E-state index < -0.39 is 0 Å². The zero-order valence-electron chi connectivity index (χ0n) is 12.1. The molecular formula is C14H18ClN3O2S2. The molecule has 0 saturated carbocycles. The van der Waals surface area contributed by atoms with Crippen molar-refractivity contribution < 1.29 is 9.59 Å². The molecule has 1 unspecified atom stereocenters. The van der Waals surface area contributed by atoms with Crippen LogP contribution in [0, 0.1) is 0 Å². The van der Waals surface area contributed by atoms with E-state index in [9.17, 15) is 9.59 Å². The molecular weight excluding hydrogens is 342 g/mol. The van der Waals surface area contributed by atoms with Crippen LogP contribution in [0.4, 0.5) is 0 Å². The average Bonchev–Trinajstić information content (AvgIpc) is 3.18. The minimum Gasteiger partial charge on any atom is -0.339 e. The predicted octanol–water partition coefficient (Wildman–Crippen LogP) is 1.28. The van der Waals surface area contributed by atoms with Crippen LogP contribution in [0.15, 0.2) is 12.1 Å². The highest BCUT2D eigenvalue weighted by Gasteiger charge is 2.30. The van der Waals surface area contributed by atoms with E-state index in [0.29, 0.717) is 36.9 Å². The molecule has 0 aromatic carbocycles. The largest absolute Gasteiger partial charge is 0.339 e. The molecule has 0 radical (unpaired) electrons. The second kappa shape index (κ2) is 7.21. The van der Waals surface area contributed by atoms with Crippen LogP contribution in [-0.4, -0.2) is 65.5 Å². The number of thioether (sulfide) groups is 1. The van der Waals surface area contributed by atoms with Crippen molar-refractivity contribution in [2.24, 2.45) is 0 Å². The second-order valence-electron chi connectivity index (χ2n) is 5.36. The maximum atomic E-state index is 12.3. The Hall–Kier alpha value is -0.760. The fourth-order valence-corrected chi connectivity index (χ4v) is 4.67. The van der Waals surface area contributed by atoms with Crippen molar-refractivity contribution >= 4 is 46.5 Å². The van der Waals surface area contributed by atoms with Crippen LogP contribution < -0.4 is 5.32 Å². The first-order valence-corrected chi connectivity index (χ1v) is 9.60. The van der Waals surface area contributed by atoms with Crippen LogP contribution in [-0.2, 0) is 16.0 Å². The lowest BCUT2D eigenvalue weighted by atomic mass is 10.2. The first-order chi connectivity index (χ1) is 10.6. The van der Waals surface area contributed by atoms with Gasteiger partial charge in [0.15, 0.2) is 0 Å². The first kappa shape index (κ1) is 16.1. The standard InChI is InChI=1S/C14H18ClN3O2S2/c15-12-2-1-10(22-12)7-13(19)17-3-5-18(6-4-17)14(20)11-8-21-9-16-11/h1-2,11,16H,3-9H2. The monoisotopic (exact) mass is 359 g/mol. The number of piperazine rings is 1. The Morgan fingerprint density at radius 3 is 2.55 bits per heavy atom. The molecule has 0 aliphatic carbocycles. The maximum Gasteiger partial charge on any atom is 0.240 e. The molecule has 1 aromatic rings. The molecule has 0 bridgehead atoms. The molecule has 3 rings (SSSR count). The third kappa shape index (κ3) is 3.76. The van der Waals surface area contributed by atoms with Gasteiger partial charge in [0.1, 0.15) is 0 Å². The molecule has 5 nitrogen and oxygen atoms in total. The summed E-state index contributed by atoms with van der Waals surface area (Å²) in [5.74, 6) is 1.97. The van der Waals surface area contributed by atoms with Gasteiger partial charge in [-0.3, -0.25) is 14.9 Å². The first-order valence-electron chi connectivity index (χ1n) is 7.25. The maximum absolute atomic E-state index is 12.3. The lowest BCUT2D eigenvalue weighted by molar-refractivity contribution is -0.140. The van der Waals surface area contributed by atoms with Crippen molar-refractivity contribution in [3.63, 3.8) is 0 Å². The normalized spacial score (nSPS) is 22.1. The van der Waals surface area contributed by atoms with E-state index in [0.717, 1.165) is 16.5 Å². The van der Waals surface area contributed by atoms with E-state index in [1.54, 1.807) is 11.8 Å². The molecule has 8 heteroatoms. The van der Waals surface area contributed by atoms with Crippen LogP contribution in [0.5, 0.6) is 0 Å². The lowest BCUT2D eigenvalue weighted by Crippen LogP contribution is -2.54. The highest BCUT2D eigenvalue weighted by atomic mass is 35.5. The van der Waals surface area contributed by atoms with E-state index >= 15 is 0 Å². The smallest absolute Gasteiger partial charge is 0.240 e. The topological polar surface area (TPSA) is 52.7 Å². The van der Waals surface area contributed by atoms with Gasteiger partial charge in [-0.05, 0) is 12.1 Å². The van der Waals surface area contributed by atoms with Crippen molar-refractivity contribution in [3.05, 3.63) is 21.3 Å². The SMILES string of the molecule is O=C(Cc1ccc(Cl)s1)N1CCN(C(=O)C2CSCN2)CC1. The summed E-state index contributed by atoms with van der Waals surface area (Å²) in [5, 5.41) is 3.20. The summed E-state index contributed by atoms with van der Waals surface area (Å²) in [4.78, 5) is 29.3. The molecule has 120 valence electrons. The highest BCUT2D eigenvalue weighted by molar-refractivity contribution is 7.99. The summed E-state index contributed by atoms with van der Waals surface area (Å²) >= 11 is 9.08. The number of carbonyl (C=O) groups excluding carboxylic acids is 2. The van der Waals surface area contributed by atoms with E-state index in [2.05, 4.69) is 5.32 Å². The fraction of sp³-hybridized carbons (Fsp3) is 0.571. The highest BCUT2D eigenvalue weighted by Crippen LogP contribution is 2.22. The Balaban J connectivity index is 1.48. The number of nitrogens with one attached hydrogen (secondary N) is 1. The number of thiophene rings is 1. The summed E-state index contributed by atoms with van der Waals surface area (Å²) in [6.45, 7) is 2.48. The molecule has 1 aromatic heterocycles.